The molecule has 0 aliphatic rings. The van der Waals surface area contributed by atoms with Crippen molar-refractivity contribution in [2.75, 3.05) is 0 Å². The van der Waals surface area contributed by atoms with Crippen LogP contribution < -0.4 is 27.4 Å². The SMILES string of the molecule is NC(=O)CCC(NC(=O)C(Cc1ccccc1)NC(=O)C(N)Cc1ccccc1)C(=O)NC(Cc1cnc[nH]1)C(=O)O. The zero-order valence-electron chi connectivity index (χ0n) is 22.9. The molecule has 0 saturated carbocycles. The molecule has 222 valence electrons. The van der Waals surface area contributed by atoms with Crippen LogP contribution in [0.25, 0.3) is 0 Å². The fraction of sp³-hybridized carbons (Fsp3) is 0.310. The number of carbonyl (C=O) groups is 5. The lowest BCUT2D eigenvalue weighted by molar-refractivity contribution is -0.142. The molecule has 4 atom stereocenters. The largest absolute Gasteiger partial charge is 0.480 e. The Balaban J connectivity index is 1.76. The molecule has 0 bridgehead atoms. The molecule has 13 heteroatoms. The van der Waals surface area contributed by atoms with Crippen molar-refractivity contribution in [2.45, 2.75) is 56.3 Å². The third-order valence-corrected chi connectivity index (χ3v) is 6.46. The summed E-state index contributed by atoms with van der Waals surface area (Å²) in [7, 11) is 0. The van der Waals surface area contributed by atoms with Gasteiger partial charge in [-0.05, 0) is 24.0 Å². The monoisotopic (exact) mass is 577 g/mol. The lowest BCUT2D eigenvalue weighted by Crippen LogP contribution is -2.58. The summed E-state index contributed by atoms with van der Waals surface area (Å²) in [5, 5.41) is 17.3. The molecule has 0 fully saturated rings. The molecule has 4 amide bonds. The van der Waals surface area contributed by atoms with Crippen molar-refractivity contribution in [2.24, 2.45) is 11.5 Å². The van der Waals surface area contributed by atoms with Gasteiger partial charge in [-0.25, -0.2) is 9.78 Å². The molecule has 42 heavy (non-hydrogen) atoms. The molecule has 0 radical (unpaired) electrons. The van der Waals surface area contributed by atoms with Crippen molar-refractivity contribution >= 4 is 29.6 Å². The standard InChI is InChI=1S/C29H35N7O6/c30-21(13-18-7-3-1-4-8-18)26(38)35-23(14-19-9-5-2-6-10-19)28(40)34-22(11-12-25(31)37)27(39)36-24(29(41)42)15-20-16-32-17-33-20/h1-10,16-17,21-24H,11-15,30H2,(H2,31,37)(H,32,33)(H,34,40)(H,35,38)(H,36,39)(H,41,42). The number of hydrogen-bond donors (Lipinski definition) is 7. The number of rotatable bonds is 16. The number of nitrogens with zero attached hydrogens (tertiary/aromatic N) is 1. The second kappa shape index (κ2) is 15.7. The highest BCUT2D eigenvalue weighted by Crippen LogP contribution is 2.08. The zero-order chi connectivity index (χ0) is 30.5. The summed E-state index contributed by atoms with van der Waals surface area (Å²) in [5.74, 6) is -4.14. The number of carboxylic acids is 1. The minimum absolute atomic E-state index is 0.0816. The van der Waals surface area contributed by atoms with Crippen molar-refractivity contribution in [1.29, 1.82) is 0 Å². The van der Waals surface area contributed by atoms with Gasteiger partial charge in [-0.2, -0.15) is 0 Å². The summed E-state index contributed by atoms with van der Waals surface area (Å²) >= 11 is 0. The van der Waals surface area contributed by atoms with E-state index < -0.39 is 53.8 Å². The van der Waals surface area contributed by atoms with E-state index in [1.54, 1.807) is 30.3 Å². The van der Waals surface area contributed by atoms with Crippen LogP contribution in [0.2, 0.25) is 0 Å². The smallest absolute Gasteiger partial charge is 0.326 e. The maximum Gasteiger partial charge on any atom is 0.326 e. The van der Waals surface area contributed by atoms with Crippen LogP contribution in [0, 0.1) is 0 Å². The average molecular weight is 578 g/mol. The number of aliphatic carboxylic acids is 1. The third-order valence-electron chi connectivity index (χ3n) is 6.46. The van der Waals surface area contributed by atoms with Crippen LogP contribution in [-0.4, -0.2) is 68.8 Å². The van der Waals surface area contributed by atoms with Gasteiger partial charge in [-0.1, -0.05) is 60.7 Å². The van der Waals surface area contributed by atoms with Gasteiger partial charge in [0.05, 0.1) is 12.4 Å². The maximum atomic E-state index is 13.5. The topological polar surface area (TPSA) is 222 Å². The first-order valence-electron chi connectivity index (χ1n) is 13.3. The first-order chi connectivity index (χ1) is 20.1. The van der Waals surface area contributed by atoms with E-state index in [1.807, 2.05) is 30.3 Å². The van der Waals surface area contributed by atoms with Gasteiger partial charge in [0.2, 0.25) is 23.6 Å². The van der Waals surface area contributed by atoms with E-state index in [0.717, 1.165) is 11.1 Å². The highest BCUT2D eigenvalue weighted by atomic mass is 16.4. The molecule has 3 rings (SSSR count). The second-order valence-electron chi connectivity index (χ2n) is 9.79. The normalized spacial score (nSPS) is 13.6. The first kappa shape index (κ1) is 31.5. The summed E-state index contributed by atoms with van der Waals surface area (Å²) in [6.45, 7) is 0. The number of imidazole rings is 1. The van der Waals surface area contributed by atoms with E-state index in [0.29, 0.717) is 5.69 Å². The van der Waals surface area contributed by atoms with Gasteiger partial charge in [0, 0.05) is 31.2 Å². The van der Waals surface area contributed by atoms with E-state index >= 15 is 0 Å². The molecule has 0 aliphatic heterocycles. The fourth-order valence-electron chi connectivity index (χ4n) is 4.21. The number of H-pyrrole nitrogens is 1. The molecule has 1 aromatic heterocycles. The Hall–Kier alpha value is -5.04. The molecule has 9 N–H and O–H groups in total. The Morgan fingerprint density at radius 2 is 1.31 bits per heavy atom. The lowest BCUT2D eigenvalue weighted by Gasteiger charge is -2.25. The van der Waals surface area contributed by atoms with Crippen molar-refractivity contribution in [3.63, 3.8) is 0 Å². The number of benzene rings is 2. The molecular weight excluding hydrogens is 542 g/mol. The zero-order valence-corrected chi connectivity index (χ0v) is 22.9. The van der Waals surface area contributed by atoms with E-state index in [1.165, 1.54) is 12.5 Å². The third kappa shape index (κ3) is 10.2. The van der Waals surface area contributed by atoms with Crippen molar-refractivity contribution in [3.05, 3.63) is 90.0 Å². The van der Waals surface area contributed by atoms with Gasteiger partial charge in [0.15, 0.2) is 0 Å². The van der Waals surface area contributed by atoms with Crippen LogP contribution in [0.3, 0.4) is 0 Å². The molecule has 13 nitrogen and oxygen atoms in total. The quantitative estimate of drug-likeness (QED) is 0.118. The Labute approximate surface area is 242 Å². The van der Waals surface area contributed by atoms with E-state index in [2.05, 4.69) is 25.9 Å². The number of aromatic amines is 1. The minimum atomic E-state index is -1.35. The molecule has 1 heterocycles. The Bertz CT molecular complexity index is 1340. The van der Waals surface area contributed by atoms with Gasteiger partial charge in [-0.3, -0.25) is 19.2 Å². The van der Waals surface area contributed by atoms with E-state index in [-0.39, 0.29) is 32.1 Å². The van der Waals surface area contributed by atoms with Crippen LogP contribution in [0.15, 0.2) is 73.2 Å². The molecule has 3 aromatic rings. The Morgan fingerprint density at radius 3 is 1.86 bits per heavy atom. The number of amides is 4. The predicted octanol–water partition coefficient (Wildman–Crippen LogP) is -0.431. The number of nitrogens with one attached hydrogen (secondary N) is 4. The second-order valence-corrected chi connectivity index (χ2v) is 9.79. The lowest BCUT2D eigenvalue weighted by atomic mass is 10.0. The van der Waals surface area contributed by atoms with Gasteiger partial charge in [0.25, 0.3) is 0 Å². The van der Waals surface area contributed by atoms with Crippen LogP contribution in [0.1, 0.15) is 29.7 Å². The van der Waals surface area contributed by atoms with Crippen LogP contribution in [0.5, 0.6) is 0 Å². The number of carbonyl (C=O) groups excluding carboxylic acids is 4. The van der Waals surface area contributed by atoms with Crippen molar-refractivity contribution < 1.29 is 29.1 Å². The van der Waals surface area contributed by atoms with Gasteiger partial charge in [0.1, 0.15) is 18.1 Å². The first-order valence-corrected chi connectivity index (χ1v) is 13.3. The van der Waals surface area contributed by atoms with Crippen molar-refractivity contribution in [1.82, 2.24) is 25.9 Å². The predicted molar refractivity (Wildman–Crippen MR) is 152 cm³/mol. The minimum Gasteiger partial charge on any atom is -0.480 e. The number of aromatic nitrogens is 2. The highest BCUT2D eigenvalue weighted by Gasteiger charge is 2.31. The van der Waals surface area contributed by atoms with Crippen LogP contribution in [0.4, 0.5) is 0 Å². The average Bonchev–Trinajstić information content (AvgIpc) is 3.48. The number of nitrogens with two attached hydrogens (primary N) is 2. The molecule has 0 aliphatic carbocycles. The Kier molecular flexibility index (Phi) is 11.7. The van der Waals surface area contributed by atoms with Gasteiger partial charge in [-0.15, -0.1) is 0 Å². The van der Waals surface area contributed by atoms with E-state index in [9.17, 15) is 29.1 Å². The molecule has 0 saturated heterocycles. The summed E-state index contributed by atoms with van der Waals surface area (Å²) in [4.78, 5) is 69.6. The summed E-state index contributed by atoms with van der Waals surface area (Å²) in [6, 6.07) is 13.3. The molecule has 0 spiro atoms. The van der Waals surface area contributed by atoms with Crippen LogP contribution >= 0.6 is 0 Å². The number of carboxylic acid groups (broad SMARTS) is 1. The van der Waals surface area contributed by atoms with E-state index in [4.69, 9.17) is 11.5 Å². The Morgan fingerprint density at radius 1 is 0.762 bits per heavy atom. The van der Waals surface area contributed by atoms with Gasteiger partial charge < -0.3 is 37.5 Å². The number of hydrogen-bond acceptors (Lipinski definition) is 7. The molecular formula is C29H35N7O6. The fourth-order valence-corrected chi connectivity index (χ4v) is 4.21. The number of primary amides is 1. The summed E-state index contributed by atoms with van der Waals surface area (Å²) < 4.78 is 0. The maximum absolute atomic E-state index is 13.5. The summed E-state index contributed by atoms with van der Waals surface area (Å²) in [6.07, 6.45) is 2.58. The molecule has 2 aromatic carbocycles. The summed E-state index contributed by atoms with van der Waals surface area (Å²) in [5.41, 5.74) is 13.5. The van der Waals surface area contributed by atoms with Crippen molar-refractivity contribution in [3.8, 4) is 0 Å². The molecule has 4 unspecified atom stereocenters. The van der Waals surface area contributed by atoms with Crippen LogP contribution in [-0.2, 0) is 43.2 Å². The van der Waals surface area contributed by atoms with Gasteiger partial charge >= 0.3 is 5.97 Å². The highest BCUT2D eigenvalue weighted by molar-refractivity contribution is 5.94.